The molecule has 0 aliphatic carbocycles. The summed E-state index contributed by atoms with van der Waals surface area (Å²) in [6, 6.07) is 8.81. The minimum Gasteiger partial charge on any atom is -0.469 e. The van der Waals surface area contributed by atoms with Crippen molar-refractivity contribution in [3.05, 3.63) is 42.4 Å². The van der Waals surface area contributed by atoms with Crippen molar-refractivity contribution in [1.29, 1.82) is 0 Å². The summed E-state index contributed by atoms with van der Waals surface area (Å²) in [5.41, 5.74) is 2.11. The Morgan fingerprint density at radius 3 is 2.59 bits per heavy atom. The van der Waals surface area contributed by atoms with Crippen LogP contribution in [0.2, 0.25) is 0 Å². The van der Waals surface area contributed by atoms with E-state index in [0.29, 0.717) is 22.4 Å². The highest BCUT2D eigenvalue weighted by atomic mass is 32.2. The number of aryl methyl sites for hydroxylation is 1. The lowest BCUT2D eigenvalue weighted by Gasteiger charge is -2.08. The molecule has 27 heavy (non-hydrogen) atoms. The molecule has 3 aromatic rings. The van der Waals surface area contributed by atoms with Gasteiger partial charge in [0.15, 0.2) is 11.0 Å². The third-order valence-corrected chi connectivity index (χ3v) is 4.75. The van der Waals surface area contributed by atoms with E-state index in [1.54, 1.807) is 30.5 Å². The number of thioether (sulfide) groups is 1. The van der Waals surface area contributed by atoms with Gasteiger partial charge in [0.2, 0.25) is 11.8 Å². The molecule has 140 valence electrons. The van der Waals surface area contributed by atoms with Gasteiger partial charge in [0.1, 0.15) is 5.76 Å². The van der Waals surface area contributed by atoms with Crippen molar-refractivity contribution >= 4 is 35.0 Å². The Hall–Kier alpha value is -3.07. The molecule has 0 spiro atoms. The van der Waals surface area contributed by atoms with Crippen LogP contribution in [0.4, 0.5) is 11.4 Å². The van der Waals surface area contributed by atoms with E-state index in [1.165, 1.54) is 18.7 Å². The number of hydrogen-bond acceptors (Lipinski definition) is 6. The number of nitrogens with one attached hydrogen (secondary N) is 2. The number of hydrogen-bond donors (Lipinski definition) is 2. The highest BCUT2D eigenvalue weighted by Crippen LogP contribution is 2.26. The largest absolute Gasteiger partial charge is 0.469 e. The molecule has 2 amide bonds. The molecule has 0 aliphatic rings. The number of benzene rings is 1. The molecule has 2 N–H and O–H groups in total. The molecule has 0 aliphatic heterocycles. The summed E-state index contributed by atoms with van der Waals surface area (Å²) in [6.07, 6.45) is 1.61. The van der Waals surface area contributed by atoms with E-state index in [9.17, 15) is 9.59 Å². The molecular weight excluding hydrogens is 366 g/mol. The van der Waals surface area contributed by atoms with Crippen molar-refractivity contribution in [1.82, 2.24) is 14.8 Å². The van der Waals surface area contributed by atoms with E-state index in [-0.39, 0.29) is 17.6 Å². The fourth-order valence-corrected chi connectivity index (χ4v) is 3.21. The van der Waals surface area contributed by atoms with Gasteiger partial charge in [0, 0.05) is 25.3 Å². The van der Waals surface area contributed by atoms with Gasteiger partial charge in [-0.3, -0.25) is 9.59 Å². The molecule has 2 aromatic heterocycles. The average Bonchev–Trinajstić information content (AvgIpc) is 3.18. The number of rotatable bonds is 6. The van der Waals surface area contributed by atoms with Crippen molar-refractivity contribution < 1.29 is 14.0 Å². The molecule has 0 saturated heterocycles. The summed E-state index contributed by atoms with van der Waals surface area (Å²) in [5.74, 6) is 1.29. The molecule has 0 saturated carbocycles. The number of anilines is 2. The van der Waals surface area contributed by atoms with Crippen molar-refractivity contribution in [2.75, 3.05) is 16.4 Å². The SMILES string of the molecule is CC(=O)Nc1cccc(NC(=O)CSc2nnc(-c3ccoc3C)n2C)c1. The molecule has 3 rings (SSSR count). The maximum absolute atomic E-state index is 12.2. The highest BCUT2D eigenvalue weighted by Gasteiger charge is 2.15. The first-order valence-corrected chi connectivity index (χ1v) is 9.17. The Morgan fingerprint density at radius 2 is 1.93 bits per heavy atom. The van der Waals surface area contributed by atoms with Gasteiger partial charge in [-0.15, -0.1) is 10.2 Å². The predicted molar refractivity (Wildman–Crippen MR) is 104 cm³/mol. The highest BCUT2D eigenvalue weighted by molar-refractivity contribution is 7.99. The van der Waals surface area contributed by atoms with Crippen LogP contribution in [-0.2, 0) is 16.6 Å². The minimum absolute atomic E-state index is 0.167. The number of furan rings is 1. The monoisotopic (exact) mass is 385 g/mol. The van der Waals surface area contributed by atoms with Gasteiger partial charge in [-0.25, -0.2) is 0 Å². The summed E-state index contributed by atoms with van der Waals surface area (Å²) in [6.45, 7) is 3.29. The van der Waals surface area contributed by atoms with Gasteiger partial charge in [-0.2, -0.15) is 0 Å². The lowest BCUT2D eigenvalue weighted by molar-refractivity contribution is -0.114. The summed E-state index contributed by atoms with van der Waals surface area (Å²) < 4.78 is 7.13. The van der Waals surface area contributed by atoms with E-state index in [4.69, 9.17) is 4.42 Å². The van der Waals surface area contributed by atoms with Crippen LogP contribution in [0, 0.1) is 6.92 Å². The first-order valence-electron chi connectivity index (χ1n) is 8.18. The Balaban J connectivity index is 1.61. The van der Waals surface area contributed by atoms with Gasteiger partial charge < -0.3 is 19.6 Å². The minimum atomic E-state index is -0.177. The second kappa shape index (κ2) is 8.09. The Morgan fingerprint density at radius 1 is 1.19 bits per heavy atom. The number of nitrogens with zero attached hydrogens (tertiary/aromatic N) is 3. The van der Waals surface area contributed by atoms with Crippen LogP contribution in [0.15, 0.2) is 46.2 Å². The van der Waals surface area contributed by atoms with Crippen LogP contribution in [0.1, 0.15) is 12.7 Å². The molecule has 1 aromatic carbocycles. The molecule has 2 heterocycles. The Kier molecular flexibility index (Phi) is 5.60. The molecule has 0 fully saturated rings. The molecule has 0 unspecified atom stereocenters. The second-order valence-corrected chi connectivity index (χ2v) is 6.80. The third kappa shape index (κ3) is 4.56. The molecular formula is C18H19N5O3S. The molecule has 0 atom stereocenters. The van der Waals surface area contributed by atoms with Crippen LogP contribution >= 0.6 is 11.8 Å². The average molecular weight is 385 g/mol. The van der Waals surface area contributed by atoms with Crippen molar-refractivity contribution in [3.8, 4) is 11.4 Å². The van der Waals surface area contributed by atoms with Crippen LogP contribution < -0.4 is 10.6 Å². The van der Waals surface area contributed by atoms with E-state index >= 15 is 0 Å². The molecule has 0 radical (unpaired) electrons. The second-order valence-electron chi connectivity index (χ2n) is 5.85. The maximum atomic E-state index is 12.2. The van der Waals surface area contributed by atoms with Crippen molar-refractivity contribution in [2.45, 2.75) is 19.0 Å². The normalized spacial score (nSPS) is 10.6. The fourth-order valence-electron chi connectivity index (χ4n) is 2.50. The van der Waals surface area contributed by atoms with Crippen LogP contribution in [0.5, 0.6) is 0 Å². The number of carbonyl (C=O) groups is 2. The Bertz CT molecular complexity index is 979. The zero-order valence-electron chi connectivity index (χ0n) is 15.1. The molecule has 0 bridgehead atoms. The van der Waals surface area contributed by atoms with Crippen LogP contribution in [0.25, 0.3) is 11.4 Å². The van der Waals surface area contributed by atoms with Gasteiger partial charge >= 0.3 is 0 Å². The zero-order valence-corrected chi connectivity index (χ0v) is 16.0. The summed E-state index contributed by atoms with van der Waals surface area (Å²) in [7, 11) is 1.85. The predicted octanol–water partition coefficient (Wildman–Crippen LogP) is 3.07. The van der Waals surface area contributed by atoms with Gasteiger partial charge in [-0.05, 0) is 31.2 Å². The zero-order chi connectivity index (χ0) is 19.4. The van der Waals surface area contributed by atoms with E-state index < -0.39 is 0 Å². The van der Waals surface area contributed by atoms with Crippen molar-refractivity contribution in [2.24, 2.45) is 7.05 Å². The molecule has 9 heteroatoms. The quantitative estimate of drug-likeness (QED) is 0.632. The van der Waals surface area contributed by atoms with E-state index in [1.807, 2.05) is 24.6 Å². The standard InChI is InChI=1S/C18H19N5O3S/c1-11-15(7-8-26-11)17-21-22-18(23(17)3)27-10-16(25)20-14-6-4-5-13(9-14)19-12(2)24/h4-9H,10H2,1-3H3,(H,19,24)(H,20,25). The maximum Gasteiger partial charge on any atom is 0.234 e. The summed E-state index contributed by atoms with van der Waals surface area (Å²) in [4.78, 5) is 23.4. The summed E-state index contributed by atoms with van der Waals surface area (Å²) >= 11 is 1.29. The number of carbonyl (C=O) groups excluding carboxylic acids is 2. The fraction of sp³-hybridized carbons (Fsp3) is 0.222. The third-order valence-electron chi connectivity index (χ3n) is 3.73. The van der Waals surface area contributed by atoms with Gasteiger partial charge in [0.05, 0.1) is 17.6 Å². The van der Waals surface area contributed by atoms with Gasteiger partial charge in [0.25, 0.3) is 0 Å². The van der Waals surface area contributed by atoms with Crippen molar-refractivity contribution in [3.63, 3.8) is 0 Å². The van der Waals surface area contributed by atoms with Gasteiger partial charge in [-0.1, -0.05) is 17.8 Å². The summed E-state index contributed by atoms with van der Waals surface area (Å²) in [5, 5.41) is 14.4. The molecule has 8 nitrogen and oxygen atoms in total. The lowest BCUT2D eigenvalue weighted by atomic mass is 10.2. The van der Waals surface area contributed by atoms with E-state index in [2.05, 4.69) is 20.8 Å². The number of aromatic nitrogens is 3. The smallest absolute Gasteiger partial charge is 0.234 e. The first kappa shape index (κ1) is 18.7. The topological polar surface area (TPSA) is 102 Å². The first-order chi connectivity index (χ1) is 12.9. The Labute approximate surface area is 160 Å². The van der Waals surface area contributed by atoms with Crippen LogP contribution in [-0.4, -0.2) is 32.3 Å². The van der Waals surface area contributed by atoms with Crippen LogP contribution in [0.3, 0.4) is 0 Å². The lowest BCUT2D eigenvalue weighted by Crippen LogP contribution is -2.15. The van der Waals surface area contributed by atoms with E-state index in [0.717, 1.165) is 11.3 Å². The number of amides is 2.